The van der Waals surface area contributed by atoms with Gasteiger partial charge in [0, 0.05) is 32.1 Å². The summed E-state index contributed by atoms with van der Waals surface area (Å²) in [4.78, 5) is 30.3. The summed E-state index contributed by atoms with van der Waals surface area (Å²) in [5.41, 5.74) is 5.33. The fourth-order valence-corrected chi connectivity index (χ4v) is 4.20. The Balaban J connectivity index is 1.68. The zero-order valence-electron chi connectivity index (χ0n) is 18.5. The highest BCUT2D eigenvalue weighted by atomic mass is 35.5. The van der Waals surface area contributed by atoms with Crippen LogP contribution in [0.4, 0.5) is 5.82 Å². The van der Waals surface area contributed by atoms with E-state index in [-0.39, 0.29) is 24.2 Å². The number of likely N-dealkylation sites (tertiary alicyclic amines) is 1. The van der Waals surface area contributed by atoms with Gasteiger partial charge in [-0.25, -0.2) is 9.67 Å². The van der Waals surface area contributed by atoms with Gasteiger partial charge in [-0.15, -0.1) is 0 Å². The van der Waals surface area contributed by atoms with Gasteiger partial charge in [-0.05, 0) is 49.7 Å². The van der Waals surface area contributed by atoms with Crippen molar-refractivity contribution in [3.05, 3.63) is 33.9 Å². The van der Waals surface area contributed by atoms with Gasteiger partial charge in [0.05, 0.1) is 17.6 Å². The van der Waals surface area contributed by atoms with Crippen LogP contribution in [0.15, 0.2) is 18.3 Å². The van der Waals surface area contributed by atoms with Crippen molar-refractivity contribution in [1.29, 1.82) is 0 Å². The number of hydrogen-bond donors (Lipinski definition) is 2. The lowest BCUT2D eigenvalue weighted by molar-refractivity contribution is -0.122. The van der Waals surface area contributed by atoms with Crippen molar-refractivity contribution >= 4 is 41.5 Å². The quantitative estimate of drug-likeness (QED) is 0.535. The highest BCUT2D eigenvalue weighted by Gasteiger charge is 2.27. The maximum Gasteiger partial charge on any atom is 0.229 e. The molecule has 0 aliphatic carbocycles. The van der Waals surface area contributed by atoms with Crippen LogP contribution in [0.3, 0.4) is 0 Å². The number of amides is 2. The average molecular weight is 480 g/mol. The van der Waals surface area contributed by atoms with E-state index < -0.39 is 0 Å². The van der Waals surface area contributed by atoms with Crippen LogP contribution in [-0.4, -0.2) is 49.1 Å². The minimum absolute atomic E-state index is 0.0550. The van der Waals surface area contributed by atoms with Crippen LogP contribution in [0.25, 0.3) is 0 Å². The first-order valence-corrected chi connectivity index (χ1v) is 11.6. The molecule has 0 aromatic carbocycles. The number of halogens is 1. The minimum Gasteiger partial charge on any atom is -0.370 e. The highest BCUT2D eigenvalue weighted by Crippen LogP contribution is 2.20. The molecule has 0 radical (unpaired) electrons. The van der Waals surface area contributed by atoms with Crippen LogP contribution < -0.4 is 11.1 Å². The molecule has 1 fully saturated rings. The molecular formula is C21H30ClN7O2S. The lowest BCUT2D eigenvalue weighted by Gasteiger charge is -2.31. The van der Waals surface area contributed by atoms with Gasteiger partial charge in [-0.3, -0.25) is 14.5 Å². The maximum absolute atomic E-state index is 12.7. The number of piperidine rings is 1. The van der Waals surface area contributed by atoms with Gasteiger partial charge in [0.15, 0.2) is 4.77 Å². The van der Waals surface area contributed by atoms with Crippen molar-refractivity contribution in [2.45, 2.75) is 52.7 Å². The molecule has 3 N–H and O–H groups in total. The zero-order chi connectivity index (χ0) is 23.3. The molecule has 2 aromatic heterocycles. The summed E-state index contributed by atoms with van der Waals surface area (Å²) >= 11 is 11.5. The van der Waals surface area contributed by atoms with E-state index in [4.69, 9.17) is 29.6 Å². The molecule has 1 atom stereocenters. The minimum atomic E-state index is -0.360. The topological polar surface area (TPSA) is 111 Å². The van der Waals surface area contributed by atoms with E-state index in [1.165, 1.54) is 6.20 Å². The van der Waals surface area contributed by atoms with Crippen LogP contribution in [0, 0.1) is 16.6 Å². The Hall–Kier alpha value is -2.30. The molecule has 174 valence electrons. The summed E-state index contributed by atoms with van der Waals surface area (Å²) in [6, 6.07) is 3.39. The Bertz CT molecular complexity index is 1000. The average Bonchev–Trinajstić information content (AvgIpc) is 3.02. The summed E-state index contributed by atoms with van der Waals surface area (Å²) in [6.07, 6.45) is 3.91. The van der Waals surface area contributed by atoms with E-state index in [0.717, 1.165) is 31.8 Å². The normalized spacial score (nSPS) is 16.9. The fourth-order valence-electron chi connectivity index (χ4n) is 3.81. The number of aromatic nitrogens is 4. The second-order valence-electron chi connectivity index (χ2n) is 8.58. The molecule has 1 saturated heterocycles. The van der Waals surface area contributed by atoms with Crippen molar-refractivity contribution in [3.8, 4) is 0 Å². The molecule has 0 unspecified atom stereocenters. The van der Waals surface area contributed by atoms with Crippen LogP contribution in [0.2, 0.25) is 5.02 Å². The number of anilines is 1. The van der Waals surface area contributed by atoms with Crippen LogP contribution in [0.5, 0.6) is 0 Å². The number of carbonyl (C=O) groups excluding carboxylic acids is 2. The van der Waals surface area contributed by atoms with Gasteiger partial charge in [0.2, 0.25) is 11.8 Å². The Morgan fingerprint density at radius 1 is 1.38 bits per heavy atom. The molecule has 0 saturated carbocycles. The largest absolute Gasteiger partial charge is 0.370 e. The summed E-state index contributed by atoms with van der Waals surface area (Å²) < 4.78 is 4.40. The molecule has 2 aromatic rings. The molecule has 2 amide bonds. The van der Waals surface area contributed by atoms with E-state index >= 15 is 0 Å². The third-order valence-corrected chi connectivity index (χ3v) is 5.99. The monoisotopic (exact) mass is 479 g/mol. The molecule has 0 spiro atoms. The number of pyridine rings is 1. The Labute approximate surface area is 197 Å². The number of primary amides is 1. The zero-order valence-corrected chi connectivity index (χ0v) is 20.0. The van der Waals surface area contributed by atoms with Crippen LogP contribution in [0.1, 0.15) is 38.9 Å². The highest BCUT2D eigenvalue weighted by molar-refractivity contribution is 7.71. The van der Waals surface area contributed by atoms with Gasteiger partial charge < -0.3 is 15.6 Å². The molecule has 1 aliphatic heterocycles. The van der Waals surface area contributed by atoms with Crippen LogP contribution >= 0.6 is 23.8 Å². The predicted octanol–water partition coefficient (Wildman–Crippen LogP) is 2.84. The van der Waals surface area contributed by atoms with Crippen molar-refractivity contribution < 1.29 is 9.59 Å². The fraction of sp³-hybridized carbons (Fsp3) is 0.571. The number of rotatable bonds is 9. The Morgan fingerprint density at radius 2 is 2.16 bits per heavy atom. The van der Waals surface area contributed by atoms with Gasteiger partial charge >= 0.3 is 0 Å². The number of nitrogens with zero attached hydrogens (tertiary/aromatic N) is 5. The van der Waals surface area contributed by atoms with Crippen molar-refractivity contribution in [2.24, 2.45) is 17.6 Å². The first kappa shape index (κ1) is 24.3. The number of aryl methyl sites for hydroxylation is 1. The van der Waals surface area contributed by atoms with Crippen LogP contribution in [-0.2, 0) is 29.2 Å². The molecule has 11 heteroatoms. The summed E-state index contributed by atoms with van der Waals surface area (Å²) in [5.74, 6) is 1.08. The molecule has 9 nitrogen and oxygen atoms in total. The second-order valence-corrected chi connectivity index (χ2v) is 9.38. The van der Waals surface area contributed by atoms with Gasteiger partial charge in [-0.2, -0.15) is 5.10 Å². The van der Waals surface area contributed by atoms with E-state index in [0.29, 0.717) is 41.2 Å². The predicted molar refractivity (Wildman–Crippen MR) is 126 cm³/mol. The Morgan fingerprint density at radius 3 is 2.81 bits per heavy atom. The summed E-state index contributed by atoms with van der Waals surface area (Å²) in [5, 5.41) is 8.07. The number of nitrogens with one attached hydrogen (secondary N) is 1. The first-order valence-electron chi connectivity index (χ1n) is 10.8. The standard InChI is InChI=1S/C21H30ClN7O2S/c1-14(2)11-28-19(8-6-17(23)30)26-29(21(28)32)13-27-9-3-4-15(12-27)20(31)25-18-7-5-16(22)10-24-18/h5,7,10,14-15H,3-4,6,8-9,11-13H2,1-2H3,(H2,23,30)(H,24,25,31)/t15-/m1/s1. The maximum atomic E-state index is 12.7. The second kappa shape index (κ2) is 11.0. The van der Waals surface area contributed by atoms with E-state index in [9.17, 15) is 9.59 Å². The van der Waals surface area contributed by atoms with E-state index in [1.54, 1.807) is 16.8 Å². The SMILES string of the molecule is CC(C)Cn1c(CCC(N)=O)nn(CN2CCC[C@@H](C(=O)Nc3ccc(Cl)cn3)C2)c1=S. The summed E-state index contributed by atoms with van der Waals surface area (Å²) in [6.45, 7) is 6.91. The van der Waals surface area contributed by atoms with Crippen molar-refractivity contribution in [2.75, 3.05) is 18.4 Å². The molecule has 3 heterocycles. The van der Waals surface area contributed by atoms with Gasteiger partial charge in [-0.1, -0.05) is 25.4 Å². The number of nitrogens with two attached hydrogens (primary N) is 1. The number of hydrogen-bond acceptors (Lipinski definition) is 6. The third kappa shape index (κ3) is 6.60. The van der Waals surface area contributed by atoms with Crippen molar-refractivity contribution in [1.82, 2.24) is 24.2 Å². The summed E-state index contributed by atoms with van der Waals surface area (Å²) in [7, 11) is 0. The number of carbonyl (C=O) groups is 2. The lowest BCUT2D eigenvalue weighted by atomic mass is 9.97. The molecule has 3 rings (SSSR count). The third-order valence-electron chi connectivity index (χ3n) is 5.33. The van der Waals surface area contributed by atoms with E-state index in [1.807, 2.05) is 4.57 Å². The molecule has 32 heavy (non-hydrogen) atoms. The Kier molecular flexibility index (Phi) is 8.38. The van der Waals surface area contributed by atoms with E-state index in [2.05, 4.69) is 34.1 Å². The lowest BCUT2D eigenvalue weighted by Crippen LogP contribution is -2.41. The van der Waals surface area contributed by atoms with Gasteiger partial charge in [0.1, 0.15) is 11.6 Å². The smallest absolute Gasteiger partial charge is 0.229 e. The van der Waals surface area contributed by atoms with Gasteiger partial charge in [0.25, 0.3) is 0 Å². The molecular weight excluding hydrogens is 450 g/mol. The first-order chi connectivity index (χ1) is 15.2. The van der Waals surface area contributed by atoms with Crippen molar-refractivity contribution in [3.63, 3.8) is 0 Å². The molecule has 0 bridgehead atoms. The molecule has 1 aliphatic rings.